The van der Waals surface area contributed by atoms with Crippen molar-refractivity contribution in [1.29, 1.82) is 0 Å². The van der Waals surface area contributed by atoms with E-state index in [1.165, 1.54) is 12.1 Å². The smallest absolute Gasteiger partial charge is 0.138 e. The highest BCUT2D eigenvalue weighted by Crippen LogP contribution is 2.24. The first-order valence-electron chi connectivity index (χ1n) is 6.19. The van der Waals surface area contributed by atoms with E-state index in [1.807, 2.05) is 0 Å². The Hall–Kier alpha value is -0.550. The molecule has 1 N–H and O–H groups in total. The summed E-state index contributed by atoms with van der Waals surface area (Å²) in [5.74, 6) is 0.199. The summed E-state index contributed by atoms with van der Waals surface area (Å²) in [7, 11) is 0. The molecule has 2 rings (SSSR count). The van der Waals surface area contributed by atoms with Crippen LogP contribution in [0.1, 0.15) is 6.92 Å². The maximum atomic E-state index is 12.8. The lowest BCUT2D eigenvalue weighted by atomic mass is 10.2. The molecule has 19 heavy (non-hydrogen) atoms. The predicted molar refractivity (Wildman–Crippen MR) is 78.1 cm³/mol. The molecule has 0 bridgehead atoms. The molecule has 1 aromatic rings. The van der Waals surface area contributed by atoms with Gasteiger partial charge in [-0.15, -0.1) is 12.4 Å². The van der Waals surface area contributed by atoms with Crippen LogP contribution in [0, 0.1) is 5.82 Å². The standard InChI is InChI=1S/C13H18ClFN2O.ClH/c1-10-9-17(5-4-16-10)6-7-18-13-3-2-11(15)8-12(13)14;/h2-3,8,10,16H,4-7,9H2,1H3;1H. The molecular formula is C13H19Cl2FN2O. The molecule has 1 aliphatic heterocycles. The van der Waals surface area contributed by atoms with Crippen molar-refractivity contribution in [2.45, 2.75) is 13.0 Å². The van der Waals surface area contributed by atoms with Crippen LogP contribution in [0.2, 0.25) is 5.02 Å². The van der Waals surface area contributed by atoms with Crippen LogP contribution in [0.4, 0.5) is 4.39 Å². The van der Waals surface area contributed by atoms with Crippen molar-refractivity contribution in [2.24, 2.45) is 0 Å². The molecule has 1 unspecified atom stereocenters. The molecule has 1 atom stereocenters. The molecule has 0 aliphatic carbocycles. The zero-order valence-electron chi connectivity index (χ0n) is 10.9. The van der Waals surface area contributed by atoms with E-state index in [1.54, 1.807) is 6.07 Å². The highest BCUT2D eigenvalue weighted by molar-refractivity contribution is 6.32. The second-order valence-corrected chi connectivity index (χ2v) is 4.99. The van der Waals surface area contributed by atoms with Gasteiger partial charge in [0.25, 0.3) is 0 Å². The summed E-state index contributed by atoms with van der Waals surface area (Å²) in [5, 5.41) is 3.71. The minimum Gasteiger partial charge on any atom is -0.491 e. The van der Waals surface area contributed by atoms with Gasteiger partial charge in [-0.3, -0.25) is 4.90 Å². The fourth-order valence-corrected chi connectivity index (χ4v) is 2.31. The van der Waals surface area contributed by atoms with Crippen LogP contribution < -0.4 is 10.1 Å². The van der Waals surface area contributed by atoms with Gasteiger partial charge in [0.2, 0.25) is 0 Å². The van der Waals surface area contributed by atoms with Crippen molar-refractivity contribution in [3.8, 4) is 5.75 Å². The van der Waals surface area contributed by atoms with Gasteiger partial charge in [-0.1, -0.05) is 11.6 Å². The zero-order chi connectivity index (χ0) is 13.0. The molecule has 0 aromatic heterocycles. The van der Waals surface area contributed by atoms with Crippen LogP contribution in [0.15, 0.2) is 18.2 Å². The number of rotatable bonds is 4. The van der Waals surface area contributed by atoms with Crippen molar-refractivity contribution < 1.29 is 9.13 Å². The van der Waals surface area contributed by atoms with Crippen LogP contribution in [0.5, 0.6) is 5.75 Å². The summed E-state index contributed by atoms with van der Waals surface area (Å²) in [6.45, 7) is 6.67. The SMILES string of the molecule is CC1CN(CCOc2ccc(F)cc2Cl)CCN1.Cl. The summed E-state index contributed by atoms with van der Waals surface area (Å²) >= 11 is 5.89. The Morgan fingerprint density at radius 1 is 1.53 bits per heavy atom. The highest BCUT2D eigenvalue weighted by atomic mass is 35.5. The third-order valence-electron chi connectivity index (χ3n) is 3.01. The predicted octanol–water partition coefficient (Wildman–Crippen LogP) is 2.57. The highest BCUT2D eigenvalue weighted by Gasteiger charge is 2.15. The summed E-state index contributed by atoms with van der Waals surface area (Å²) in [4.78, 5) is 2.35. The van der Waals surface area contributed by atoms with Crippen molar-refractivity contribution in [2.75, 3.05) is 32.8 Å². The molecule has 6 heteroatoms. The monoisotopic (exact) mass is 308 g/mol. The molecular weight excluding hydrogens is 290 g/mol. The lowest BCUT2D eigenvalue weighted by Crippen LogP contribution is -2.50. The normalized spacial score (nSPS) is 19.8. The molecule has 108 valence electrons. The average molecular weight is 309 g/mol. The second-order valence-electron chi connectivity index (χ2n) is 4.58. The largest absolute Gasteiger partial charge is 0.491 e. The van der Waals surface area contributed by atoms with Crippen LogP contribution in [0.3, 0.4) is 0 Å². The number of nitrogens with one attached hydrogen (secondary N) is 1. The Morgan fingerprint density at radius 2 is 2.32 bits per heavy atom. The van der Waals surface area contributed by atoms with Gasteiger partial charge in [0.05, 0.1) is 5.02 Å². The van der Waals surface area contributed by atoms with E-state index in [2.05, 4.69) is 17.1 Å². The molecule has 1 aliphatic rings. The first-order chi connectivity index (χ1) is 8.65. The van der Waals surface area contributed by atoms with Crippen LogP contribution in [-0.4, -0.2) is 43.7 Å². The molecule has 1 heterocycles. The topological polar surface area (TPSA) is 24.5 Å². The number of ether oxygens (including phenoxy) is 1. The lowest BCUT2D eigenvalue weighted by Gasteiger charge is -2.31. The van der Waals surface area contributed by atoms with E-state index < -0.39 is 0 Å². The third kappa shape index (κ3) is 5.15. The summed E-state index contributed by atoms with van der Waals surface area (Å²) in [6, 6.07) is 4.71. The van der Waals surface area contributed by atoms with Gasteiger partial charge >= 0.3 is 0 Å². The van der Waals surface area contributed by atoms with Gasteiger partial charge in [-0.2, -0.15) is 0 Å². The zero-order valence-corrected chi connectivity index (χ0v) is 12.4. The number of piperazine rings is 1. The van der Waals surface area contributed by atoms with Gasteiger partial charge in [0, 0.05) is 32.2 Å². The Morgan fingerprint density at radius 3 is 3.00 bits per heavy atom. The fourth-order valence-electron chi connectivity index (χ4n) is 2.09. The van der Waals surface area contributed by atoms with E-state index in [0.29, 0.717) is 23.4 Å². The minimum atomic E-state index is -0.344. The number of benzene rings is 1. The molecule has 0 saturated carbocycles. The van der Waals surface area contributed by atoms with E-state index >= 15 is 0 Å². The lowest BCUT2D eigenvalue weighted by molar-refractivity contribution is 0.170. The van der Waals surface area contributed by atoms with Crippen molar-refractivity contribution >= 4 is 24.0 Å². The van der Waals surface area contributed by atoms with Gasteiger partial charge in [-0.05, 0) is 25.1 Å². The molecule has 0 radical (unpaired) electrons. The quantitative estimate of drug-likeness (QED) is 0.925. The van der Waals surface area contributed by atoms with Gasteiger partial charge in [0.15, 0.2) is 0 Å². The van der Waals surface area contributed by atoms with Gasteiger partial charge < -0.3 is 10.1 Å². The van der Waals surface area contributed by atoms with Crippen molar-refractivity contribution in [1.82, 2.24) is 10.2 Å². The Balaban J connectivity index is 0.00000180. The molecule has 0 spiro atoms. The van der Waals surface area contributed by atoms with Crippen molar-refractivity contribution in [3.63, 3.8) is 0 Å². The van der Waals surface area contributed by atoms with Gasteiger partial charge in [0.1, 0.15) is 18.2 Å². The molecule has 1 fully saturated rings. The summed E-state index contributed by atoms with van der Waals surface area (Å²) in [5.41, 5.74) is 0. The van der Waals surface area contributed by atoms with Crippen molar-refractivity contribution in [3.05, 3.63) is 29.0 Å². The molecule has 1 aromatic carbocycles. The minimum absolute atomic E-state index is 0. The Labute approximate surface area is 124 Å². The second kappa shape index (κ2) is 7.90. The maximum Gasteiger partial charge on any atom is 0.138 e. The van der Waals surface area contributed by atoms with Crippen LogP contribution in [0.25, 0.3) is 0 Å². The third-order valence-corrected chi connectivity index (χ3v) is 3.31. The number of nitrogens with zero attached hydrogens (tertiary/aromatic N) is 1. The van der Waals surface area contributed by atoms with E-state index in [4.69, 9.17) is 16.3 Å². The Bertz CT molecular complexity index is 406. The number of hydrogen-bond donors (Lipinski definition) is 1. The van der Waals surface area contributed by atoms with Crippen LogP contribution in [-0.2, 0) is 0 Å². The first kappa shape index (κ1) is 16.5. The van der Waals surface area contributed by atoms with Crippen LogP contribution >= 0.6 is 24.0 Å². The number of hydrogen-bond acceptors (Lipinski definition) is 3. The molecule has 1 saturated heterocycles. The summed E-state index contributed by atoms with van der Waals surface area (Å²) in [6.07, 6.45) is 0. The van der Waals surface area contributed by atoms with E-state index in [9.17, 15) is 4.39 Å². The maximum absolute atomic E-state index is 12.8. The van der Waals surface area contributed by atoms with E-state index in [-0.39, 0.29) is 18.2 Å². The Kier molecular flexibility index (Phi) is 6.86. The average Bonchev–Trinajstić information content (AvgIpc) is 2.32. The van der Waals surface area contributed by atoms with Gasteiger partial charge in [-0.25, -0.2) is 4.39 Å². The number of halogens is 3. The fraction of sp³-hybridized carbons (Fsp3) is 0.538. The molecule has 0 amide bonds. The first-order valence-corrected chi connectivity index (χ1v) is 6.56. The molecule has 3 nitrogen and oxygen atoms in total. The van der Waals surface area contributed by atoms with E-state index in [0.717, 1.165) is 26.2 Å². The summed E-state index contributed by atoms with van der Waals surface area (Å²) < 4.78 is 18.4.